The summed E-state index contributed by atoms with van der Waals surface area (Å²) in [5.41, 5.74) is 2.81. The number of aryl methyl sites for hydroxylation is 1. The zero-order valence-corrected chi connectivity index (χ0v) is 25.4. The molecule has 0 aliphatic heterocycles. The van der Waals surface area contributed by atoms with Crippen molar-refractivity contribution in [3.63, 3.8) is 0 Å². The normalized spacial score (nSPS) is 14.5. The predicted molar refractivity (Wildman–Crippen MR) is 173 cm³/mol. The van der Waals surface area contributed by atoms with Gasteiger partial charge in [-0.05, 0) is 90.9 Å². The van der Waals surface area contributed by atoms with Gasteiger partial charge in [-0.2, -0.15) is 8.42 Å². The van der Waals surface area contributed by atoms with Crippen LogP contribution in [0.5, 0.6) is 5.75 Å². The van der Waals surface area contributed by atoms with Crippen molar-refractivity contribution in [3.8, 4) is 5.75 Å². The Morgan fingerprint density at radius 1 is 0.762 bits per heavy atom. The first-order valence-electron chi connectivity index (χ1n) is 14.4. The molecule has 5 nitrogen and oxygen atoms in total. The zero-order chi connectivity index (χ0) is 29.9. The molecule has 2 N–H and O–H groups in total. The average Bonchev–Trinajstić information content (AvgIpc) is 2.95. The molecule has 0 fully saturated rings. The van der Waals surface area contributed by atoms with E-state index in [9.17, 15) is 13.0 Å². The van der Waals surface area contributed by atoms with Gasteiger partial charge in [0, 0.05) is 12.0 Å². The first-order valence-corrected chi connectivity index (χ1v) is 15.9. The monoisotopic (exact) mass is 581 g/mol. The van der Waals surface area contributed by atoms with Crippen LogP contribution in [-0.2, 0) is 16.5 Å². The minimum absolute atomic E-state index is 0.180. The van der Waals surface area contributed by atoms with E-state index >= 15 is 0 Å². The van der Waals surface area contributed by atoms with Crippen molar-refractivity contribution in [3.05, 3.63) is 126 Å². The minimum Gasteiger partial charge on any atom is -0.488 e. The van der Waals surface area contributed by atoms with Gasteiger partial charge < -0.3 is 4.74 Å². The number of fused-ring (bicyclic) bond motifs is 2. The maximum atomic E-state index is 12.7. The van der Waals surface area contributed by atoms with E-state index in [1.807, 2.05) is 107 Å². The van der Waals surface area contributed by atoms with E-state index in [0.717, 1.165) is 44.0 Å². The Hall–Kier alpha value is -3.71. The second kappa shape index (κ2) is 12.3. The van der Waals surface area contributed by atoms with Crippen molar-refractivity contribution in [2.24, 2.45) is 0 Å². The van der Waals surface area contributed by atoms with Gasteiger partial charge in [0.1, 0.15) is 16.7 Å². The molecule has 3 atom stereocenters. The van der Waals surface area contributed by atoms with Crippen molar-refractivity contribution in [2.45, 2.75) is 63.5 Å². The topological polar surface area (TPSA) is 75.6 Å². The first-order chi connectivity index (χ1) is 20.0. The maximum absolute atomic E-state index is 12.7. The minimum atomic E-state index is -4.37. The summed E-state index contributed by atoms with van der Waals surface area (Å²) in [5, 5.41) is 6.63. The van der Waals surface area contributed by atoms with Gasteiger partial charge in [0.2, 0.25) is 0 Å². The molecule has 0 aromatic heterocycles. The Balaban J connectivity index is 1.46. The Morgan fingerprint density at radius 2 is 1.38 bits per heavy atom. The molecule has 0 heterocycles. The molecule has 5 aromatic carbocycles. The van der Waals surface area contributed by atoms with Gasteiger partial charge in [-0.25, -0.2) is 0 Å². The highest BCUT2D eigenvalue weighted by molar-refractivity contribution is 7.86. The lowest BCUT2D eigenvalue weighted by Gasteiger charge is -2.30. The van der Waals surface area contributed by atoms with Gasteiger partial charge in [0.05, 0.1) is 0 Å². The Kier molecular flexibility index (Phi) is 8.69. The lowest BCUT2D eigenvalue weighted by atomic mass is 9.84. The SMILES string of the molecule is CC(N[C@H](CCc1cccc2ccccc12)S(=O)(=O)O)C(c1ccc(OC(C)(C)C)cc1)c1ccc2ccccc2c1. The molecule has 2 unspecified atom stereocenters. The van der Waals surface area contributed by atoms with Gasteiger partial charge in [-0.1, -0.05) is 97.1 Å². The molecule has 0 spiro atoms. The van der Waals surface area contributed by atoms with Crippen molar-refractivity contribution in [2.75, 3.05) is 0 Å². The summed E-state index contributed by atoms with van der Waals surface area (Å²) >= 11 is 0. The van der Waals surface area contributed by atoms with Gasteiger partial charge in [-0.15, -0.1) is 0 Å². The van der Waals surface area contributed by atoms with Crippen LogP contribution in [0.4, 0.5) is 0 Å². The summed E-state index contributed by atoms with van der Waals surface area (Å²) in [6, 6.07) is 36.4. The van der Waals surface area contributed by atoms with Crippen LogP contribution >= 0.6 is 0 Å². The van der Waals surface area contributed by atoms with E-state index in [4.69, 9.17) is 4.74 Å². The fourth-order valence-electron chi connectivity index (χ4n) is 5.77. The number of hydrogen-bond acceptors (Lipinski definition) is 4. The molecular formula is C36H39NO4S. The summed E-state index contributed by atoms with van der Waals surface area (Å²) < 4.78 is 41.7. The third-order valence-electron chi connectivity index (χ3n) is 7.66. The van der Waals surface area contributed by atoms with Crippen molar-refractivity contribution < 1.29 is 17.7 Å². The molecule has 0 saturated carbocycles. The van der Waals surface area contributed by atoms with Gasteiger partial charge in [-0.3, -0.25) is 9.87 Å². The second-order valence-corrected chi connectivity index (χ2v) is 13.6. The van der Waals surface area contributed by atoms with E-state index in [2.05, 4.69) is 35.6 Å². The van der Waals surface area contributed by atoms with Crippen molar-refractivity contribution >= 4 is 31.7 Å². The molecule has 5 rings (SSSR count). The Morgan fingerprint density at radius 3 is 2.07 bits per heavy atom. The van der Waals surface area contributed by atoms with E-state index < -0.39 is 15.5 Å². The molecule has 42 heavy (non-hydrogen) atoms. The van der Waals surface area contributed by atoms with Crippen LogP contribution in [-0.4, -0.2) is 30.0 Å². The van der Waals surface area contributed by atoms with Crippen LogP contribution in [0.15, 0.2) is 109 Å². The summed E-state index contributed by atoms with van der Waals surface area (Å²) in [6.45, 7) is 8.02. The molecule has 0 radical (unpaired) electrons. The van der Waals surface area contributed by atoms with Gasteiger partial charge >= 0.3 is 0 Å². The molecule has 218 valence electrons. The van der Waals surface area contributed by atoms with Crippen LogP contribution in [0, 0.1) is 0 Å². The van der Waals surface area contributed by atoms with Gasteiger partial charge in [0.15, 0.2) is 0 Å². The third kappa shape index (κ3) is 7.19. The highest BCUT2D eigenvalue weighted by Gasteiger charge is 2.30. The van der Waals surface area contributed by atoms with E-state index in [1.165, 1.54) is 0 Å². The van der Waals surface area contributed by atoms with Gasteiger partial charge in [0.25, 0.3) is 10.1 Å². The second-order valence-electron chi connectivity index (χ2n) is 12.0. The van der Waals surface area contributed by atoms with Crippen molar-refractivity contribution in [1.29, 1.82) is 0 Å². The Labute approximate surface area is 249 Å². The van der Waals surface area contributed by atoms with Crippen LogP contribution in [0.2, 0.25) is 0 Å². The maximum Gasteiger partial charge on any atom is 0.281 e. The number of benzene rings is 5. The van der Waals surface area contributed by atoms with Crippen LogP contribution in [0.25, 0.3) is 21.5 Å². The number of nitrogens with one attached hydrogen (secondary N) is 1. The molecule has 5 aromatic rings. The lowest BCUT2D eigenvalue weighted by Crippen LogP contribution is -2.45. The quantitative estimate of drug-likeness (QED) is 0.163. The molecule has 0 bridgehead atoms. The first kappa shape index (κ1) is 29.8. The third-order valence-corrected chi connectivity index (χ3v) is 8.75. The summed E-state index contributed by atoms with van der Waals surface area (Å²) in [7, 11) is -4.37. The fraction of sp³-hybridized carbons (Fsp3) is 0.278. The molecule has 0 aliphatic carbocycles. The summed E-state index contributed by atoms with van der Waals surface area (Å²) in [6.07, 6.45) is 0.741. The van der Waals surface area contributed by atoms with E-state index in [-0.39, 0.29) is 24.0 Å². The van der Waals surface area contributed by atoms with E-state index in [1.54, 1.807) is 0 Å². The highest BCUT2D eigenvalue weighted by atomic mass is 32.2. The van der Waals surface area contributed by atoms with Crippen LogP contribution in [0.3, 0.4) is 0 Å². The van der Waals surface area contributed by atoms with Crippen molar-refractivity contribution in [1.82, 2.24) is 5.32 Å². The molecule has 0 aliphatic rings. The number of ether oxygens (including phenoxy) is 1. The lowest BCUT2D eigenvalue weighted by molar-refractivity contribution is 0.131. The zero-order valence-electron chi connectivity index (χ0n) is 24.6. The summed E-state index contributed by atoms with van der Waals surface area (Å²) in [5.74, 6) is 0.593. The van der Waals surface area contributed by atoms with Crippen LogP contribution < -0.4 is 10.1 Å². The average molecular weight is 582 g/mol. The Bertz CT molecular complexity index is 1770. The highest BCUT2D eigenvalue weighted by Crippen LogP contribution is 2.33. The standard InChI is InChI=1S/C36H39NO4S/c1-25(37-34(42(38,39)40)23-20-28-14-9-13-27-11-7-8-15-33(27)28)35(29-18-21-32(22-19-29)41-36(2,3)4)31-17-16-26-10-5-6-12-30(26)24-31/h5-19,21-22,24-25,34-35,37H,20,23H2,1-4H3,(H,38,39,40)/t25?,34-,35?/m0/s1. The van der Waals surface area contributed by atoms with E-state index in [0.29, 0.717) is 6.42 Å². The number of rotatable bonds is 10. The fourth-order valence-corrected chi connectivity index (χ4v) is 6.57. The predicted octanol–water partition coefficient (Wildman–Crippen LogP) is 8.13. The molecule has 0 amide bonds. The smallest absolute Gasteiger partial charge is 0.281 e. The molecule has 0 saturated heterocycles. The number of hydrogen-bond donors (Lipinski definition) is 2. The molecule has 6 heteroatoms. The van der Waals surface area contributed by atoms with Crippen LogP contribution in [0.1, 0.15) is 56.7 Å². The molecular weight excluding hydrogens is 542 g/mol. The summed E-state index contributed by atoms with van der Waals surface area (Å²) in [4.78, 5) is 0. The largest absolute Gasteiger partial charge is 0.488 e.